The van der Waals surface area contributed by atoms with Crippen LogP contribution in [0.15, 0.2) is 0 Å². The van der Waals surface area contributed by atoms with Gasteiger partial charge in [0.2, 0.25) is 5.91 Å². The van der Waals surface area contributed by atoms with E-state index in [9.17, 15) is 13.6 Å². The predicted octanol–water partition coefficient (Wildman–Crippen LogP) is 1.41. The fourth-order valence-electron chi connectivity index (χ4n) is 1.56. The third-order valence-corrected chi connectivity index (χ3v) is 2.26. The molecule has 0 aliphatic heterocycles. The van der Waals surface area contributed by atoms with E-state index in [-0.39, 0.29) is 12.8 Å². The standard InChI is InChI=1S/C8H10F2N2O/c9-8(10)4-2-1-3-6(8)7(13)12-5-11/h6H,1-4H2,(H,12,13). The van der Waals surface area contributed by atoms with Crippen molar-refractivity contribution >= 4 is 5.91 Å². The molecule has 1 unspecified atom stereocenters. The van der Waals surface area contributed by atoms with E-state index >= 15 is 0 Å². The molecule has 0 bridgehead atoms. The summed E-state index contributed by atoms with van der Waals surface area (Å²) in [6.07, 6.45) is 2.36. The Hall–Kier alpha value is -1.18. The highest BCUT2D eigenvalue weighted by Crippen LogP contribution is 2.38. The molecule has 72 valence electrons. The number of alkyl halides is 2. The van der Waals surface area contributed by atoms with Crippen LogP contribution in [0.2, 0.25) is 0 Å². The average molecular weight is 188 g/mol. The highest BCUT2D eigenvalue weighted by atomic mass is 19.3. The molecule has 0 spiro atoms. The minimum atomic E-state index is -2.95. The van der Waals surface area contributed by atoms with Crippen molar-refractivity contribution in [3.8, 4) is 6.19 Å². The smallest absolute Gasteiger partial charge is 0.259 e. The van der Waals surface area contributed by atoms with E-state index in [1.54, 1.807) is 5.32 Å². The van der Waals surface area contributed by atoms with E-state index < -0.39 is 17.7 Å². The Bertz CT molecular complexity index is 247. The van der Waals surface area contributed by atoms with Crippen LogP contribution in [-0.4, -0.2) is 11.8 Å². The van der Waals surface area contributed by atoms with E-state index in [2.05, 4.69) is 0 Å². The molecule has 1 fully saturated rings. The molecule has 1 atom stereocenters. The number of nitrogens with zero attached hydrogens (tertiary/aromatic N) is 1. The first-order chi connectivity index (χ1) is 6.08. The van der Waals surface area contributed by atoms with Gasteiger partial charge in [-0.25, -0.2) is 8.78 Å². The van der Waals surface area contributed by atoms with E-state index in [1.165, 1.54) is 6.19 Å². The number of hydrogen-bond donors (Lipinski definition) is 1. The lowest BCUT2D eigenvalue weighted by Gasteiger charge is -2.29. The maximum Gasteiger partial charge on any atom is 0.259 e. The summed E-state index contributed by atoms with van der Waals surface area (Å²) in [5.41, 5.74) is 0. The molecule has 13 heavy (non-hydrogen) atoms. The molecule has 0 radical (unpaired) electrons. The van der Waals surface area contributed by atoms with Crippen molar-refractivity contribution in [2.24, 2.45) is 5.92 Å². The maximum atomic E-state index is 13.1. The molecular weight excluding hydrogens is 178 g/mol. The van der Waals surface area contributed by atoms with Gasteiger partial charge < -0.3 is 0 Å². The number of carbonyl (C=O) groups excluding carboxylic acids is 1. The lowest BCUT2D eigenvalue weighted by Crippen LogP contribution is -2.42. The summed E-state index contributed by atoms with van der Waals surface area (Å²) in [5, 5.41) is 9.87. The second kappa shape index (κ2) is 3.69. The summed E-state index contributed by atoms with van der Waals surface area (Å²) in [4.78, 5) is 11.0. The molecule has 0 aromatic rings. The average Bonchev–Trinajstić information content (AvgIpc) is 2.03. The largest absolute Gasteiger partial charge is 0.273 e. The first kappa shape index (κ1) is 9.90. The van der Waals surface area contributed by atoms with Gasteiger partial charge in [0.15, 0.2) is 6.19 Å². The zero-order valence-electron chi connectivity index (χ0n) is 7.02. The summed E-state index contributed by atoms with van der Waals surface area (Å²) >= 11 is 0. The van der Waals surface area contributed by atoms with E-state index in [4.69, 9.17) is 5.26 Å². The molecule has 1 rings (SSSR count). The summed E-state index contributed by atoms with van der Waals surface area (Å²) in [6.45, 7) is 0. The zero-order chi connectivity index (χ0) is 9.90. The highest BCUT2D eigenvalue weighted by molar-refractivity contribution is 5.81. The van der Waals surface area contributed by atoms with Crippen LogP contribution in [0.5, 0.6) is 0 Å². The van der Waals surface area contributed by atoms with E-state index in [1.807, 2.05) is 0 Å². The van der Waals surface area contributed by atoms with Crippen LogP contribution < -0.4 is 5.32 Å². The molecule has 1 aliphatic rings. The van der Waals surface area contributed by atoms with Crippen LogP contribution in [0, 0.1) is 17.4 Å². The zero-order valence-corrected chi connectivity index (χ0v) is 7.02. The van der Waals surface area contributed by atoms with Crippen LogP contribution in [0.1, 0.15) is 25.7 Å². The Balaban J connectivity index is 2.66. The fourth-order valence-corrected chi connectivity index (χ4v) is 1.56. The number of nitrogens with one attached hydrogen (secondary N) is 1. The number of amides is 1. The minimum Gasteiger partial charge on any atom is -0.273 e. The molecule has 3 nitrogen and oxygen atoms in total. The Morgan fingerprint density at radius 2 is 2.23 bits per heavy atom. The summed E-state index contributed by atoms with van der Waals surface area (Å²) < 4.78 is 26.1. The second-order valence-electron chi connectivity index (χ2n) is 3.16. The lowest BCUT2D eigenvalue weighted by atomic mass is 9.85. The van der Waals surface area contributed by atoms with Gasteiger partial charge in [0.05, 0.1) is 0 Å². The van der Waals surface area contributed by atoms with Crippen molar-refractivity contribution < 1.29 is 13.6 Å². The van der Waals surface area contributed by atoms with Gasteiger partial charge in [0.1, 0.15) is 5.92 Å². The normalized spacial score (nSPS) is 26.1. The topological polar surface area (TPSA) is 52.9 Å². The molecule has 5 heteroatoms. The third-order valence-electron chi connectivity index (χ3n) is 2.26. The molecule has 0 aromatic carbocycles. The lowest BCUT2D eigenvalue weighted by molar-refractivity contribution is -0.144. The first-order valence-electron chi connectivity index (χ1n) is 4.14. The fraction of sp³-hybridized carbons (Fsp3) is 0.750. The SMILES string of the molecule is N#CNC(=O)C1CCCCC1(F)F. The molecular formula is C8H10F2N2O. The quantitative estimate of drug-likeness (QED) is 0.499. The number of halogens is 2. The summed E-state index contributed by atoms with van der Waals surface area (Å²) in [6, 6.07) is 0. The highest BCUT2D eigenvalue weighted by Gasteiger charge is 2.45. The Kier molecular flexibility index (Phi) is 2.81. The molecule has 0 aromatic heterocycles. The summed E-state index contributed by atoms with van der Waals surface area (Å²) in [5.74, 6) is -5.12. The molecule has 1 amide bonds. The van der Waals surface area contributed by atoms with Gasteiger partial charge in [-0.3, -0.25) is 10.1 Å². The van der Waals surface area contributed by atoms with Crippen LogP contribution in [0.3, 0.4) is 0 Å². The van der Waals surface area contributed by atoms with Crippen molar-refractivity contribution in [1.29, 1.82) is 5.26 Å². The van der Waals surface area contributed by atoms with E-state index in [0.717, 1.165) is 0 Å². The third kappa shape index (κ3) is 2.14. The summed E-state index contributed by atoms with van der Waals surface area (Å²) in [7, 11) is 0. The Labute approximate surface area is 74.7 Å². The molecule has 1 saturated carbocycles. The number of hydrogen-bond acceptors (Lipinski definition) is 2. The Morgan fingerprint density at radius 3 is 2.77 bits per heavy atom. The van der Waals surface area contributed by atoms with Gasteiger partial charge in [-0.05, 0) is 12.8 Å². The van der Waals surface area contributed by atoms with Gasteiger partial charge in [0, 0.05) is 6.42 Å². The first-order valence-corrected chi connectivity index (χ1v) is 4.14. The van der Waals surface area contributed by atoms with Gasteiger partial charge in [-0.2, -0.15) is 5.26 Å². The van der Waals surface area contributed by atoms with Crippen molar-refractivity contribution in [2.75, 3.05) is 0 Å². The van der Waals surface area contributed by atoms with Gasteiger partial charge >= 0.3 is 0 Å². The predicted molar refractivity (Wildman–Crippen MR) is 40.7 cm³/mol. The van der Waals surface area contributed by atoms with Crippen LogP contribution in [-0.2, 0) is 4.79 Å². The van der Waals surface area contributed by atoms with Crippen LogP contribution in [0.25, 0.3) is 0 Å². The van der Waals surface area contributed by atoms with Crippen molar-refractivity contribution in [3.63, 3.8) is 0 Å². The van der Waals surface area contributed by atoms with Crippen molar-refractivity contribution in [1.82, 2.24) is 5.32 Å². The Morgan fingerprint density at radius 1 is 1.54 bits per heavy atom. The minimum absolute atomic E-state index is 0.167. The molecule has 1 N–H and O–H groups in total. The maximum absolute atomic E-state index is 13.1. The molecule has 1 aliphatic carbocycles. The second-order valence-corrected chi connectivity index (χ2v) is 3.16. The van der Waals surface area contributed by atoms with Crippen molar-refractivity contribution in [2.45, 2.75) is 31.6 Å². The van der Waals surface area contributed by atoms with Crippen LogP contribution >= 0.6 is 0 Å². The van der Waals surface area contributed by atoms with Gasteiger partial charge in [0.25, 0.3) is 5.92 Å². The van der Waals surface area contributed by atoms with Gasteiger partial charge in [-0.1, -0.05) is 6.42 Å². The monoisotopic (exact) mass is 188 g/mol. The van der Waals surface area contributed by atoms with Crippen LogP contribution in [0.4, 0.5) is 8.78 Å². The van der Waals surface area contributed by atoms with Gasteiger partial charge in [-0.15, -0.1) is 0 Å². The number of rotatable bonds is 1. The number of carbonyl (C=O) groups is 1. The molecule has 0 heterocycles. The number of nitriles is 1. The van der Waals surface area contributed by atoms with E-state index in [0.29, 0.717) is 12.8 Å². The van der Waals surface area contributed by atoms with Crippen molar-refractivity contribution in [3.05, 3.63) is 0 Å². The molecule has 0 saturated heterocycles.